The van der Waals surface area contributed by atoms with Gasteiger partial charge in [-0.15, -0.1) is 0 Å². The van der Waals surface area contributed by atoms with Crippen molar-refractivity contribution in [3.05, 3.63) is 24.3 Å². The first-order valence-electron chi connectivity index (χ1n) is 7.69. The Kier molecular flexibility index (Phi) is 3.66. The summed E-state index contributed by atoms with van der Waals surface area (Å²) in [6.07, 6.45) is 8.68. The number of rotatable bonds is 4. The van der Waals surface area contributed by atoms with Gasteiger partial charge in [-0.1, -0.05) is 19.3 Å². The van der Waals surface area contributed by atoms with Gasteiger partial charge in [-0.25, -0.2) is 4.98 Å². The van der Waals surface area contributed by atoms with Gasteiger partial charge in [-0.05, 0) is 25.8 Å². The van der Waals surface area contributed by atoms with Crippen molar-refractivity contribution in [2.75, 3.05) is 0 Å². The predicted molar refractivity (Wildman–Crippen MR) is 80.1 cm³/mol. The van der Waals surface area contributed by atoms with Crippen LogP contribution in [0.2, 0.25) is 0 Å². The maximum Gasteiger partial charge on any atom is 0.310 e. The second-order valence-corrected chi connectivity index (χ2v) is 5.96. The van der Waals surface area contributed by atoms with E-state index in [2.05, 4.69) is 21.5 Å². The van der Waals surface area contributed by atoms with Gasteiger partial charge in [0, 0.05) is 19.2 Å². The first-order chi connectivity index (χ1) is 10.2. The first-order valence-corrected chi connectivity index (χ1v) is 7.69. The highest BCUT2D eigenvalue weighted by Crippen LogP contribution is 2.39. The Bertz CT molecular complexity index is 657. The van der Waals surface area contributed by atoms with Crippen LogP contribution in [0, 0.1) is 5.41 Å². The van der Waals surface area contributed by atoms with Gasteiger partial charge in [0.15, 0.2) is 0 Å². The molecule has 0 aromatic carbocycles. The van der Waals surface area contributed by atoms with Gasteiger partial charge in [0.25, 0.3) is 0 Å². The molecule has 0 saturated heterocycles. The zero-order valence-corrected chi connectivity index (χ0v) is 12.4. The molecule has 1 aliphatic carbocycles. The summed E-state index contributed by atoms with van der Waals surface area (Å²) in [6, 6.07) is 1.95. The molecule has 0 bridgehead atoms. The third-order valence-corrected chi connectivity index (χ3v) is 4.71. The smallest absolute Gasteiger partial charge is 0.310 e. The number of carboxylic acids is 1. The first kappa shape index (κ1) is 14.0. The van der Waals surface area contributed by atoms with E-state index in [9.17, 15) is 9.90 Å². The molecule has 2 heterocycles. The Labute approximate surface area is 124 Å². The fourth-order valence-corrected chi connectivity index (χ4v) is 3.52. The molecule has 1 aliphatic rings. The normalized spacial score (nSPS) is 18.0. The number of carbonyl (C=O) groups is 1. The lowest BCUT2D eigenvalue weighted by molar-refractivity contribution is -0.151. The van der Waals surface area contributed by atoms with E-state index in [0.717, 1.165) is 55.5 Å². The Balaban J connectivity index is 2.01. The maximum atomic E-state index is 11.8. The van der Waals surface area contributed by atoms with Crippen LogP contribution in [0.15, 0.2) is 18.5 Å². The van der Waals surface area contributed by atoms with Crippen molar-refractivity contribution in [2.24, 2.45) is 5.41 Å². The average Bonchev–Trinajstić information content (AvgIpc) is 2.84. The van der Waals surface area contributed by atoms with Gasteiger partial charge < -0.3 is 9.67 Å². The van der Waals surface area contributed by atoms with Crippen molar-refractivity contribution >= 4 is 17.0 Å². The minimum absolute atomic E-state index is 0.519. The maximum absolute atomic E-state index is 11.8. The quantitative estimate of drug-likeness (QED) is 0.938. The minimum Gasteiger partial charge on any atom is -0.481 e. The third-order valence-electron chi connectivity index (χ3n) is 4.71. The molecule has 5 nitrogen and oxygen atoms in total. The summed E-state index contributed by atoms with van der Waals surface area (Å²) in [7, 11) is 0. The highest BCUT2D eigenvalue weighted by Gasteiger charge is 2.40. The van der Waals surface area contributed by atoms with Crippen LogP contribution in [0.4, 0.5) is 0 Å². The van der Waals surface area contributed by atoms with Gasteiger partial charge in [0.2, 0.25) is 0 Å². The standard InChI is InChI=1S/C16H21N3O2/c1-2-19-13-6-9-17-11-12(13)18-14(19)10-16(15(20)21)7-4-3-5-8-16/h6,9,11H,2-5,7-8,10H2,1H3,(H,20,21). The highest BCUT2D eigenvalue weighted by atomic mass is 16.4. The number of nitrogens with zero attached hydrogens (tertiary/aromatic N) is 3. The molecular formula is C16H21N3O2. The van der Waals surface area contributed by atoms with Gasteiger partial charge in [0.1, 0.15) is 11.3 Å². The van der Waals surface area contributed by atoms with Crippen LogP contribution in [0.3, 0.4) is 0 Å². The molecular weight excluding hydrogens is 266 g/mol. The second-order valence-electron chi connectivity index (χ2n) is 5.96. The number of aryl methyl sites for hydroxylation is 1. The molecule has 112 valence electrons. The molecule has 1 N–H and O–H groups in total. The van der Waals surface area contributed by atoms with Gasteiger partial charge in [-0.2, -0.15) is 0 Å². The van der Waals surface area contributed by atoms with Crippen LogP contribution in [-0.4, -0.2) is 25.6 Å². The molecule has 0 unspecified atom stereocenters. The Morgan fingerprint density at radius 2 is 2.14 bits per heavy atom. The van der Waals surface area contributed by atoms with Crippen LogP contribution in [0.1, 0.15) is 44.9 Å². The summed E-state index contributed by atoms with van der Waals surface area (Å²) in [5, 5.41) is 9.74. The van der Waals surface area contributed by atoms with E-state index in [1.807, 2.05) is 6.07 Å². The van der Waals surface area contributed by atoms with Gasteiger partial charge in [0.05, 0.1) is 17.1 Å². The molecule has 2 aromatic heterocycles. The number of pyridine rings is 1. The fourth-order valence-electron chi connectivity index (χ4n) is 3.52. The Morgan fingerprint density at radius 3 is 2.81 bits per heavy atom. The zero-order chi connectivity index (χ0) is 14.9. The number of aliphatic carboxylic acids is 1. The molecule has 21 heavy (non-hydrogen) atoms. The average molecular weight is 287 g/mol. The van der Waals surface area contributed by atoms with Crippen LogP contribution in [-0.2, 0) is 17.8 Å². The van der Waals surface area contributed by atoms with Gasteiger partial charge >= 0.3 is 5.97 Å². The lowest BCUT2D eigenvalue weighted by Crippen LogP contribution is -2.36. The lowest BCUT2D eigenvalue weighted by Gasteiger charge is -2.32. The summed E-state index contributed by atoms with van der Waals surface area (Å²) in [6.45, 7) is 2.87. The largest absolute Gasteiger partial charge is 0.481 e. The van der Waals surface area contributed by atoms with Crippen LogP contribution in [0.25, 0.3) is 11.0 Å². The molecule has 0 aliphatic heterocycles. The van der Waals surface area contributed by atoms with Crippen molar-refractivity contribution in [3.63, 3.8) is 0 Å². The number of fused-ring (bicyclic) bond motifs is 1. The number of imidazole rings is 1. The Morgan fingerprint density at radius 1 is 1.38 bits per heavy atom. The van der Waals surface area contributed by atoms with E-state index >= 15 is 0 Å². The minimum atomic E-state index is -0.671. The summed E-state index contributed by atoms with van der Waals surface area (Å²) in [4.78, 5) is 20.6. The summed E-state index contributed by atoms with van der Waals surface area (Å²) < 4.78 is 2.12. The number of hydrogen-bond acceptors (Lipinski definition) is 3. The zero-order valence-electron chi connectivity index (χ0n) is 12.4. The summed E-state index contributed by atoms with van der Waals surface area (Å²) >= 11 is 0. The van der Waals surface area contributed by atoms with E-state index in [0.29, 0.717) is 6.42 Å². The highest BCUT2D eigenvalue weighted by molar-refractivity contribution is 5.77. The Hall–Kier alpha value is -1.91. The van der Waals surface area contributed by atoms with E-state index in [1.165, 1.54) is 0 Å². The molecule has 0 spiro atoms. The van der Waals surface area contributed by atoms with Gasteiger partial charge in [-0.3, -0.25) is 9.78 Å². The van der Waals surface area contributed by atoms with Crippen molar-refractivity contribution in [2.45, 2.75) is 52.0 Å². The fraction of sp³-hybridized carbons (Fsp3) is 0.562. The SMILES string of the molecule is CCn1c(CC2(C(=O)O)CCCCC2)nc2cnccc21. The summed E-state index contributed by atoms with van der Waals surface area (Å²) in [5.41, 5.74) is 1.25. The summed E-state index contributed by atoms with van der Waals surface area (Å²) in [5.74, 6) is 0.208. The van der Waals surface area contributed by atoms with E-state index in [4.69, 9.17) is 0 Å². The number of carboxylic acid groups (broad SMARTS) is 1. The third kappa shape index (κ3) is 2.41. The topological polar surface area (TPSA) is 68.0 Å². The monoisotopic (exact) mass is 287 g/mol. The molecule has 0 amide bonds. The van der Waals surface area contributed by atoms with Crippen LogP contribution in [0.5, 0.6) is 0 Å². The van der Waals surface area contributed by atoms with Crippen molar-refractivity contribution in [1.82, 2.24) is 14.5 Å². The molecule has 3 rings (SSSR count). The molecule has 1 fully saturated rings. The predicted octanol–water partition coefficient (Wildman–Crippen LogP) is 3.03. The van der Waals surface area contributed by atoms with Crippen LogP contribution < -0.4 is 0 Å². The van der Waals surface area contributed by atoms with Crippen molar-refractivity contribution < 1.29 is 9.90 Å². The molecule has 0 atom stereocenters. The van der Waals surface area contributed by atoms with E-state index in [1.54, 1.807) is 12.4 Å². The van der Waals surface area contributed by atoms with Crippen molar-refractivity contribution in [1.29, 1.82) is 0 Å². The molecule has 0 radical (unpaired) electrons. The molecule has 1 saturated carbocycles. The van der Waals surface area contributed by atoms with E-state index in [-0.39, 0.29) is 0 Å². The van der Waals surface area contributed by atoms with Crippen LogP contribution >= 0.6 is 0 Å². The van der Waals surface area contributed by atoms with E-state index < -0.39 is 11.4 Å². The number of hydrogen-bond donors (Lipinski definition) is 1. The van der Waals surface area contributed by atoms with Crippen molar-refractivity contribution in [3.8, 4) is 0 Å². The lowest BCUT2D eigenvalue weighted by atomic mass is 9.71. The second kappa shape index (κ2) is 5.47. The number of aromatic nitrogens is 3. The molecule has 5 heteroatoms. The molecule has 2 aromatic rings.